The minimum atomic E-state index is -0.799. The van der Waals surface area contributed by atoms with Crippen molar-refractivity contribution >= 4 is 22.5 Å². The Morgan fingerprint density at radius 1 is 1.32 bits per heavy atom. The Labute approximate surface area is 115 Å². The van der Waals surface area contributed by atoms with Gasteiger partial charge in [0.15, 0.2) is 0 Å². The normalized spacial score (nSPS) is 34.0. The number of H-pyrrole nitrogens is 1. The summed E-state index contributed by atoms with van der Waals surface area (Å²) in [6.07, 6.45) is 3.26. The van der Waals surface area contributed by atoms with E-state index < -0.39 is 5.60 Å². The molecule has 2 atom stereocenters. The third-order valence-electron chi connectivity index (χ3n) is 4.56. The Balaban J connectivity index is 1.83. The molecule has 4 rings (SSSR count). The largest absolute Gasteiger partial charge is 0.385 e. The lowest BCUT2D eigenvalue weighted by atomic mass is 9.88. The zero-order valence-electron chi connectivity index (χ0n) is 10.4. The van der Waals surface area contributed by atoms with Gasteiger partial charge in [-0.1, -0.05) is 11.6 Å². The molecule has 1 saturated heterocycles. The van der Waals surface area contributed by atoms with Gasteiger partial charge < -0.3 is 9.84 Å². The summed E-state index contributed by atoms with van der Waals surface area (Å²) < 4.78 is 5.48. The molecule has 1 aliphatic carbocycles. The molecule has 2 aliphatic rings. The number of benzene rings is 1. The van der Waals surface area contributed by atoms with Crippen molar-refractivity contribution in [3.63, 3.8) is 0 Å². The van der Waals surface area contributed by atoms with Gasteiger partial charge in [-0.3, -0.25) is 5.10 Å². The molecule has 5 heteroatoms. The molecule has 2 aromatic rings. The molecule has 1 aromatic carbocycles. The van der Waals surface area contributed by atoms with E-state index in [0.29, 0.717) is 16.9 Å². The molecule has 4 nitrogen and oxygen atoms in total. The van der Waals surface area contributed by atoms with Gasteiger partial charge in [-0.05, 0) is 42.4 Å². The van der Waals surface area contributed by atoms with Crippen molar-refractivity contribution in [3.8, 4) is 0 Å². The van der Waals surface area contributed by atoms with E-state index >= 15 is 0 Å². The number of rotatable bonds is 1. The summed E-state index contributed by atoms with van der Waals surface area (Å²) in [7, 11) is 0. The zero-order valence-corrected chi connectivity index (χ0v) is 11.2. The lowest BCUT2D eigenvalue weighted by Gasteiger charge is -2.25. The topological polar surface area (TPSA) is 58.1 Å². The highest BCUT2D eigenvalue weighted by molar-refractivity contribution is 6.31. The van der Waals surface area contributed by atoms with Gasteiger partial charge in [0, 0.05) is 23.6 Å². The van der Waals surface area contributed by atoms with Gasteiger partial charge >= 0.3 is 0 Å². The fourth-order valence-corrected chi connectivity index (χ4v) is 3.88. The Kier molecular flexibility index (Phi) is 2.43. The van der Waals surface area contributed by atoms with E-state index in [9.17, 15) is 5.11 Å². The zero-order chi connectivity index (χ0) is 13.0. The first-order valence-electron chi connectivity index (χ1n) is 6.59. The number of aliphatic hydroxyl groups is 1. The predicted molar refractivity (Wildman–Crippen MR) is 72.0 cm³/mol. The van der Waals surface area contributed by atoms with Crippen molar-refractivity contribution in [2.75, 3.05) is 13.2 Å². The standard InChI is InChI=1S/C14H15ClN2O2/c15-10-1-12(11-5-16-17-13(11)2-10)14(18)3-8-6-19-7-9(8)4-14/h1-2,5,8-9,18H,3-4,6-7H2,(H,16,17). The van der Waals surface area contributed by atoms with Gasteiger partial charge in [-0.25, -0.2) is 0 Å². The second-order valence-electron chi connectivity index (χ2n) is 5.78. The van der Waals surface area contributed by atoms with Crippen LogP contribution in [0.5, 0.6) is 0 Å². The van der Waals surface area contributed by atoms with Crippen molar-refractivity contribution in [1.29, 1.82) is 0 Å². The van der Waals surface area contributed by atoms with Gasteiger partial charge in [0.2, 0.25) is 0 Å². The van der Waals surface area contributed by atoms with Crippen LogP contribution < -0.4 is 0 Å². The summed E-state index contributed by atoms with van der Waals surface area (Å²) >= 11 is 6.16. The van der Waals surface area contributed by atoms with Gasteiger partial charge in [-0.2, -0.15) is 5.10 Å². The Hall–Kier alpha value is -1.10. The number of aromatic amines is 1. The average molecular weight is 279 g/mol. The minimum absolute atomic E-state index is 0.464. The van der Waals surface area contributed by atoms with E-state index in [-0.39, 0.29) is 0 Å². The SMILES string of the molecule is OC1(c2cc(Cl)cc3[nH]ncc23)CC2COCC2C1. The number of hydrogen-bond donors (Lipinski definition) is 2. The second kappa shape index (κ2) is 3.95. The lowest BCUT2D eigenvalue weighted by Crippen LogP contribution is -2.23. The number of hydrogen-bond acceptors (Lipinski definition) is 3. The second-order valence-corrected chi connectivity index (χ2v) is 6.22. The van der Waals surface area contributed by atoms with Gasteiger partial charge in [0.05, 0.1) is 17.3 Å². The fourth-order valence-electron chi connectivity index (χ4n) is 3.67. The molecule has 2 N–H and O–H groups in total. The van der Waals surface area contributed by atoms with Crippen molar-refractivity contribution in [2.24, 2.45) is 11.8 Å². The molecule has 1 aliphatic heterocycles. The van der Waals surface area contributed by atoms with Crippen LogP contribution in [0.4, 0.5) is 0 Å². The highest BCUT2D eigenvalue weighted by Crippen LogP contribution is 2.50. The van der Waals surface area contributed by atoms with Crippen molar-refractivity contribution in [1.82, 2.24) is 10.2 Å². The molecule has 2 fully saturated rings. The van der Waals surface area contributed by atoms with Crippen LogP contribution in [-0.2, 0) is 10.3 Å². The number of nitrogens with zero attached hydrogens (tertiary/aromatic N) is 1. The number of aromatic nitrogens is 2. The first-order valence-corrected chi connectivity index (χ1v) is 6.97. The molecule has 100 valence electrons. The van der Waals surface area contributed by atoms with E-state index in [1.807, 2.05) is 12.1 Å². The highest BCUT2D eigenvalue weighted by Gasteiger charge is 2.48. The first kappa shape index (κ1) is 11.7. The Morgan fingerprint density at radius 2 is 2.05 bits per heavy atom. The molecule has 19 heavy (non-hydrogen) atoms. The van der Waals surface area contributed by atoms with Crippen LogP contribution in [0.15, 0.2) is 18.3 Å². The molecular weight excluding hydrogens is 264 g/mol. The lowest BCUT2D eigenvalue weighted by molar-refractivity contribution is 0.0233. The number of ether oxygens (including phenoxy) is 1. The maximum absolute atomic E-state index is 11.1. The van der Waals surface area contributed by atoms with Gasteiger partial charge in [0.25, 0.3) is 0 Å². The van der Waals surface area contributed by atoms with Crippen LogP contribution >= 0.6 is 11.6 Å². The molecule has 1 saturated carbocycles. The van der Waals surface area contributed by atoms with Crippen LogP contribution in [0.25, 0.3) is 10.9 Å². The summed E-state index contributed by atoms with van der Waals surface area (Å²) in [6.45, 7) is 1.53. The van der Waals surface area contributed by atoms with Gasteiger partial charge in [-0.15, -0.1) is 0 Å². The van der Waals surface area contributed by atoms with Crippen molar-refractivity contribution in [2.45, 2.75) is 18.4 Å². The molecule has 0 radical (unpaired) electrons. The van der Waals surface area contributed by atoms with Crippen LogP contribution in [0.1, 0.15) is 18.4 Å². The summed E-state index contributed by atoms with van der Waals surface area (Å²) in [4.78, 5) is 0. The monoisotopic (exact) mass is 278 g/mol. The maximum atomic E-state index is 11.1. The Bertz CT molecular complexity index is 627. The highest BCUT2D eigenvalue weighted by atomic mass is 35.5. The third kappa shape index (κ3) is 1.71. The smallest absolute Gasteiger partial charge is 0.0911 e. The van der Waals surface area contributed by atoms with Crippen LogP contribution in [-0.4, -0.2) is 28.5 Å². The van der Waals surface area contributed by atoms with E-state index in [1.54, 1.807) is 6.20 Å². The molecule has 2 unspecified atom stereocenters. The van der Waals surface area contributed by atoms with E-state index in [0.717, 1.165) is 42.5 Å². The van der Waals surface area contributed by atoms with Crippen LogP contribution in [0.3, 0.4) is 0 Å². The molecule has 0 bridgehead atoms. The van der Waals surface area contributed by atoms with Crippen molar-refractivity contribution < 1.29 is 9.84 Å². The summed E-state index contributed by atoms with van der Waals surface area (Å²) in [6, 6.07) is 3.72. The van der Waals surface area contributed by atoms with Crippen molar-refractivity contribution in [3.05, 3.63) is 28.9 Å². The van der Waals surface area contributed by atoms with Crippen LogP contribution in [0.2, 0.25) is 5.02 Å². The van der Waals surface area contributed by atoms with E-state index in [1.165, 1.54) is 0 Å². The average Bonchev–Trinajstić information content (AvgIpc) is 3.01. The first-order chi connectivity index (χ1) is 9.16. The number of fused-ring (bicyclic) bond motifs is 2. The summed E-state index contributed by atoms with van der Waals surface area (Å²) in [5.41, 5.74) is 0.981. The molecule has 2 heterocycles. The third-order valence-corrected chi connectivity index (χ3v) is 4.77. The molecular formula is C14H15ClN2O2. The minimum Gasteiger partial charge on any atom is -0.385 e. The van der Waals surface area contributed by atoms with E-state index in [2.05, 4.69) is 10.2 Å². The quantitative estimate of drug-likeness (QED) is 0.842. The fraction of sp³-hybridized carbons (Fsp3) is 0.500. The molecule has 0 spiro atoms. The molecule has 0 amide bonds. The maximum Gasteiger partial charge on any atom is 0.0911 e. The molecule has 1 aromatic heterocycles. The number of halogens is 1. The van der Waals surface area contributed by atoms with Gasteiger partial charge in [0.1, 0.15) is 0 Å². The predicted octanol–water partition coefficient (Wildman–Crippen LogP) is 2.46. The van der Waals surface area contributed by atoms with E-state index in [4.69, 9.17) is 16.3 Å². The number of nitrogens with one attached hydrogen (secondary N) is 1. The summed E-state index contributed by atoms with van der Waals surface area (Å²) in [5.74, 6) is 0.928. The Morgan fingerprint density at radius 3 is 2.79 bits per heavy atom. The summed E-state index contributed by atoms with van der Waals surface area (Å²) in [5, 5.41) is 19.6. The van der Waals surface area contributed by atoms with Crippen LogP contribution in [0, 0.1) is 11.8 Å².